The summed E-state index contributed by atoms with van der Waals surface area (Å²) >= 11 is 0. The minimum absolute atomic E-state index is 0.263. The number of nitrogens with one attached hydrogen (secondary N) is 1. The van der Waals surface area contributed by atoms with E-state index in [-0.39, 0.29) is 5.91 Å². The molecule has 0 aliphatic rings. The van der Waals surface area contributed by atoms with Gasteiger partial charge in [0.15, 0.2) is 0 Å². The normalized spacial score (nSPS) is 11.2. The Hall–Kier alpha value is -3.15. The van der Waals surface area contributed by atoms with Crippen molar-refractivity contribution >= 4 is 23.2 Å². The quantitative estimate of drug-likeness (QED) is 0.361. The average Bonchev–Trinajstić information content (AvgIpc) is 3.03. The van der Waals surface area contributed by atoms with Crippen molar-refractivity contribution in [2.45, 2.75) is 40.2 Å². The van der Waals surface area contributed by atoms with Gasteiger partial charge in [-0.3, -0.25) is 4.79 Å². The molecule has 3 aromatic rings. The van der Waals surface area contributed by atoms with Crippen LogP contribution in [0.3, 0.4) is 0 Å². The lowest BCUT2D eigenvalue weighted by Crippen LogP contribution is -2.17. The molecule has 28 heavy (non-hydrogen) atoms. The molecule has 2 aromatic carbocycles. The first kappa shape index (κ1) is 19.6. The van der Waals surface area contributed by atoms with E-state index in [1.165, 1.54) is 0 Å². The van der Waals surface area contributed by atoms with Crippen molar-refractivity contribution in [3.8, 4) is 5.75 Å². The fourth-order valence-electron chi connectivity index (χ4n) is 3.01. The Morgan fingerprint density at radius 2 is 2.00 bits per heavy atom. The molecule has 0 radical (unpaired) electrons. The number of hydrogen-bond donors (Lipinski definition) is 1. The lowest BCUT2D eigenvalue weighted by molar-refractivity contribution is 0.0955. The van der Waals surface area contributed by atoms with Crippen molar-refractivity contribution < 1.29 is 9.53 Å². The molecule has 1 heterocycles. The third kappa shape index (κ3) is 4.57. The third-order valence-electron chi connectivity index (χ3n) is 4.54. The van der Waals surface area contributed by atoms with Gasteiger partial charge in [-0.25, -0.2) is 10.4 Å². The van der Waals surface area contributed by atoms with Crippen LogP contribution in [0.25, 0.3) is 11.0 Å². The smallest absolute Gasteiger partial charge is 0.271 e. The molecule has 0 bridgehead atoms. The monoisotopic (exact) mass is 378 g/mol. The fraction of sp³-hybridized carbons (Fsp3) is 0.318. The van der Waals surface area contributed by atoms with Gasteiger partial charge in [0.25, 0.3) is 5.91 Å². The first-order chi connectivity index (χ1) is 13.6. The van der Waals surface area contributed by atoms with E-state index < -0.39 is 0 Å². The number of ether oxygens (including phenoxy) is 1. The number of carbonyl (C=O) groups excluding carboxylic acids is 1. The molecule has 0 fully saturated rings. The van der Waals surface area contributed by atoms with Crippen molar-refractivity contribution in [3.63, 3.8) is 0 Å². The topological polar surface area (TPSA) is 68.5 Å². The number of unbranched alkanes of at least 4 members (excludes halogenated alkanes) is 1. The zero-order valence-electron chi connectivity index (χ0n) is 16.6. The standard InChI is InChI=1S/C22H26N4O2/c1-4-6-13-28-19-10-7-17(8-11-19)15-23-25-22(27)18-9-12-21-20(14-18)24-16(3)26(21)5-2/h7-12,14-15H,4-6,13H2,1-3H3,(H,25,27). The van der Waals surface area contributed by atoms with E-state index in [4.69, 9.17) is 4.74 Å². The molecule has 3 rings (SSSR count). The maximum Gasteiger partial charge on any atom is 0.271 e. The number of nitrogens with zero attached hydrogens (tertiary/aromatic N) is 3. The van der Waals surface area contributed by atoms with Crippen LogP contribution in [0.5, 0.6) is 5.75 Å². The van der Waals surface area contributed by atoms with E-state index in [1.54, 1.807) is 18.3 Å². The van der Waals surface area contributed by atoms with Crippen LogP contribution in [-0.2, 0) is 6.54 Å². The predicted octanol–water partition coefficient (Wildman–Crippen LogP) is 4.31. The highest BCUT2D eigenvalue weighted by Crippen LogP contribution is 2.18. The summed E-state index contributed by atoms with van der Waals surface area (Å²) in [4.78, 5) is 16.9. The molecule has 0 atom stereocenters. The maximum absolute atomic E-state index is 12.4. The molecule has 0 saturated heterocycles. The van der Waals surface area contributed by atoms with Gasteiger partial charge in [-0.15, -0.1) is 0 Å². The van der Waals surface area contributed by atoms with Crippen LogP contribution in [0.2, 0.25) is 0 Å². The number of amides is 1. The van der Waals surface area contributed by atoms with E-state index in [2.05, 4.69) is 33.9 Å². The Labute approximate surface area is 165 Å². The molecule has 1 amide bonds. The first-order valence-electron chi connectivity index (χ1n) is 9.65. The highest BCUT2D eigenvalue weighted by molar-refractivity contribution is 5.97. The van der Waals surface area contributed by atoms with Crippen LogP contribution in [0.15, 0.2) is 47.6 Å². The van der Waals surface area contributed by atoms with Crippen molar-refractivity contribution in [3.05, 3.63) is 59.4 Å². The van der Waals surface area contributed by atoms with Crippen LogP contribution in [-0.4, -0.2) is 28.3 Å². The Morgan fingerprint density at radius 3 is 2.71 bits per heavy atom. The number of fused-ring (bicyclic) bond motifs is 1. The van der Waals surface area contributed by atoms with E-state index in [0.717, 1.165) is 54.2 Å². The summed E-state index contributed by atoms with van der Waals surface area (Å²) in [6, 6.07) is 13.1. The van der Waals surface area contributed by atoms with Gasteiger partial charge in [0, 0.05) is 12.1 Å². The molecule has 1 aromatic heterocycles. The highest BCUT2D eigenvalue weighted by Gasteiger charge is 2.10. The number of aromatic nitrogens is 2. The number of rotatable bonds is 8. The van der Waals surface area contributed by atoms with Gasteiger partial charge in [0.2, 0.25) is 0 Å². The van der Waals surface area contributed by atoms with E-state index in [9.17, 15) is 4.79 Å². The molecule has 0 saturated carbocycles. The largest absolute Gasteiger partial charge is 0.494 e. The van der Waals surface area contributed by atoms with E-state index >= 15 is 0 Å². The number of imidazole rings is 1. The molecule has 146 valence electrons. The maximum atomic E-state index is 12.4. The number of carbonyl (C=O) groups is 1. The molecular weight excluding hydrogens is 352 g/mol. The second-order valence-electron chi connectivity index (χ2n) is 6.58. The SMILES string of the molecule is CCCCOc1ccc(C=NNC(=O)c2ccc3c(c2)nc(C)n3CC)cc1. The molecule has 0 aliphatic heterocycles. The highest BCUT2D eigenvalue weighted by atomic mass is 16.5. The summed E-state index contributed by atoms with van der Waals surface area (Å²) in [6.45, 7) is 7.75. The van der Waals surface area contributed by atoms with Crippen LogP contribution in [0.1, 0.15) is 48.4 Å². The number of hydrogen-bond acceptors (Lipinski definition) is 4. The zero-order valence-corrected chi connectivity index (χ0v) is 16.6. The Morgan fingerprint density at radius 1 is 1.21 bits per heavy atom. The second kappa shape index (κ2) is 9.17. The number of hydrazone groups is 1. The number of benzene rings is 2. The van der Waals surface area contributed by atoms with E-state index in [1.807, 2.05) is 37.3 Å². The molecule has 0 spiro atoms. The number of aryl methyl sites for hydroxylation is 2. The molecule has 6 heteroatoms. The Kier molecular flexibility index (Phi) is 6.42. The van der Waals surface area contributed by atoms with Crippen LogP contribution >= 0.6 is 0 Å². The summed E-state index contributed by atoms with van der Waals surface area (Å²) in [5, 5.41) is 4.05. The molecule has 6 nitrogen and oxygen atoms in total. The van der Waals surface area contributed by atoms with Gasteiger partial charge in [-0.05, 0) is 68.3 Å². The Balaban J connectivity index is 1.61. The summed E-state index contributed by atoms with van der Waals surface area (Å²) in [5.74, 6) is 1.52. The van der Waals surface area contributed by atoms with Crippen LogP contribution in [0.4, 0.5) is 0 Å². The van der Waals surface area contributed by atoms with E-state index in [0.29, 0.717) is 5.56 Å². The van der Waals surface area contributed by atoms with Crippen LogP contribution < -0.4 is 10.2 Å². The van der Waals surface area contributed by atoms with Gasteiger partial charge in [0.1, 0.15) is 11.6 Å². The fourth-order valence-corrected chi connectivity index (χ4v) is 3.01. The van der Waals surface area contributed by atoms with Crippen molar-refractivity contribution in [2.75, 3.05) is 6.61 Å². The lowest BCUT2D eigenvalue weighted by atomic mass is 10.2. The van der Waals surface area contributed by atoms with Gasteiger partial charge in [-0.1, -0.05) is 13.3 Å². The molecule has 1 N–H and O–H groups in total. The van der Waals surface area contributed by atoms with Gasteiger partial charge >= 0.3 is 0 Å². The van der Waals surface area contributed by atoms with Gasteiger partial charge in [0.05, 0.1) is 23.9 Å². The summed E-state index contributed by atoms with van der Waals surface area (Å²) < 4.78 is 7.75. The lowest BCUT2D eigenvalue weighted by Gasteiger charge is -2.05. The summed E-state index contributed by atoms with van der Waals surface area (Å²) in [5.41, 5.74) is 5.83. The molecule has 0 unspecified atom stereocenters. The predicted molar refractivity (Wildman–Crippen MR) is 112 cm³/mol. The average molecular weight is 378 g/mol. The molecular formula is C22H26N4O2. The van der Waals surface area contributed by atoms with Gasteiger partial charge in [-0.2, -0.15) is 5.10 Å². The van der Waals surface area contributed by atoms with Crippen molar-refractivity contribution in [1.82, 2.24) is 15.0 Å². The van der Waals surface area contributed by atoms with Crippen molar-refractivity contribution in [1.29, 1.82) is 0 Å². The second-order valence-corrected chi connectivity index (χ2v) is 6.58. The minimum Gasteiger partial charge on any atom is -0.494 e. The van der Waals surface area contributed by atoms with Crippen molar-refractivity contribution in [2.24, 2.45) is 5.10 Å². The Bertz CT molecular complexity index is 974. The zero-order chi connectivity index (χ0) is 19.9. The molecule has 0 aliphatic carbocycles. The summed E-state index contributed by atoms with van der Waals surface area (Å²) in [6.07, 6.45) is 3.76. The van der Waals surface area contributed by atoms with Crippen LogP contribution in [0, 0.1) is 6.92 Å². The third-order valence-corrected chi connectivity index (χ3v) is 4.54. The van der Waals surface area contributed by atoms with Gasteiger partial charge < -0.3 is 9.30 Å². The summed E-state index contributed by atoms with van der Waals surface area (Å²) in [7, 11) is 0. The minimum atomic E-state index is -0.263. The first-order valence-corrected chi connectivity index (χ1v) is 9.65.